The molecule has 0 bridgehead atoms. The molecular formula is C26H32FN3O3S. The van der Waals surface area contributed by atoms with Gasteiger partial charge in [-0.1, -0.05) is 18.2 Å². The number of hydrogen-bond donors (Lipinski definition) is 0. The van der Waals surface area contributed by atoms with Crippen molar-refractivity contribution in [3.63, 3.8) is 0 Å². The molecule has 3 aliphatic heterocycles. The Labute approximate surface area is 201 Å². The van der Waals surface area contributed by atoms with Crippen LogP contribution in [0.5, 0.6) is 0 Å². The first-order chi connectivity index (χ1) is 16.3. The molecule has 2 unspecified atom stereocenters. The fraction of sp³-hybridized carbons (Fsp3) is 0.500. The average molecular weight is 486 g/mol. The number of benzene rings is 2. The minimum absolute atomic E-state index is 0.0612. The van der Waals surface area contributed by atoms with Gasteiger partial charge in [-0.3, -0.25) is 9.69 Å². The Bertz CT molecular complexity index is 1180. The number of carbonyl (C=O) groups is 1. The van der Waals surface area contributed by atoms with E-state index in [1.54, 1.807) is 16.4 Å². The summed E-state index contributed by atoms with van der Waals surface area (Å²) in [5.41, 5.74) is 1.33. The zero-order valence-corrected chi connectivity index (χ0v) is 20.4. The van der Waals surface area contributed by atoms with Crippen LogP contribution in [0.4, 0.5) is 10.1 Å². The minimum Gasteiger partial charge on any atom is -0.306 e. The van der Waals surface area contributed by atoms with E-state index in [1.165, 1.54) is 12.1 Å². The third-order valence-corrected chi connectivity index (χ3v) is 9.64. The fourth-order valence-electron chi connectivity index (χ4n) is 6.00. The maximum atomic E-state index is 13.9. The monoisotopic (exact) mass is 485 g/mol. The van der Waals surface area contributed by atoms with Crippen LogP contribution < -0.4 is 4.90 Å². The Morgan fingerprint density at radius 1 is 1.03 bits per heavy atom. The Kier molecular flexibility index (Phi) is 6.25. The van der Waals surface area contributed by atoms with E-state index in [4.69, 9.17) is 0 Å². The highest BCUT2D eigenvalue weighted by atomic mass is 32.2. The van der Waals surface area contributed by atoms with Crippen LogP contribution in [0.1, 0.15) is 51.0 Å². The van der Waals surface area contributed by atoms with Crippen LogP contribution in [0.3, 0.4) is 0 Å². The van der Waals surface area contributed by atoms with Crippen LogP contribution in [-0.4, -0.2) is 54.7 Å². The van der Waals surface area contributed by atoms with Crippen molar-refractivity contribution < 1.29 is 17.6 Å². The molecule has 6 nitrogen and oxygen atoms in total. The molecule has 1 spiro atoms. The standard InChI is InChI=1S/C26H32FN3O3S/c1-20-18-26(11-10-25(31)30(26)23-8-5-7-22(27)17-23)12-15-28(20)19-21-6-4-9-24(16-21)34(32,33)29-13-2-3-14-29/h4-9,16-17,20H,2-3,10-15,18-19H2,1H3. The van der Waals surface area contributed by atoms with E-state index in [1.807, 2.05) is 29.2 Å². The van der Waals surface area contributed by atoms with E-state index in [0.717, 1.165) is 44.2 Å². The number of likely N-dealkylation sites (tertiary alicyclic amines) is 1. The highest BCUT2D eigenvalue weighted by molar-refractivity contribution is 7.89. The molecule has 0 aliphatic carbocycles. The lowest BCUT2D eigenvalue weighted by Gasteiger charge is -2.48. The van der Waals surface area contributed by atoms with Crippen molar-refractivity contribution in [1.29, 1.82) is 0 Å². The largest absolute Gasteiger partial charge is 0.306 e. The molecular weight excluding hydrogens is 453 g/mol. The molecule has 0 N–H and O–H groups in total. The first kappa shape index (κ1) is 23.5. The van der Waals surface area contributed by atoms with Gasteiger partial charge in [0.15, 0.2) is 0 Å². The molecule has 2 atom stereocenters. The third kappa shape index (κ3) is 4.27. The number of rotatable bonds is 5. The summed E-state index contributed by atoms with van der Waals surface area (Å²) in [6.45, 7) is 4.81. The predicted octanol–water partition coefficient (Wildman–Crippen LogP) is 4.16. The van der Waals surface area contributed by atoms with Gasteiger partial charge in [0.25, 0.3) is 0 Å². The highest BCUT2D eigenvalue weighted by Crippen LogP contribution is 2.44. The van der Waals surface area contributed by atoms with Crippen molar-refractivity contribution in [1.82, 2.24) is 9.21 Å². The normalized spacial score (nSPS) is 26.6. The molecule has 8 heteroatoms. The van der Waals surface area contributed by atoms with Crippen LogP contribution in [0.2, 0.25) is 0 Å². The quantitative estimate of drug-likeness (QED) is 0.638. The van der Waals surface area contributed by atoms with Crippen LogP contribution in [-0.2, 0) is 21.4 Å². The number of sulfonamides is 1. The van der Waals surface area contributed by atoms with Gasteiger partial charge in [0, 0.05) is 44.3 Å². The van der Waals surface area contributed by atoms with Gasteiger partial charge in [-0.15, -0.1) is 0 Å². The van der Waals surface area contributed by atoms with E-state index in [-0.39, 0.29) is 23.3 Å². The third-order valence-electron chi connectivity index (χ3n) is 7.74. The van der Waals surface area contributed by atoms with Gasteiger partial charge >= 0.3 is 0 Å². The molecule has 0 radical (unpaired) electrons. The lowest BCUT2D eigenvalue weighted by Crippen LogP contribution is -2.56. The Balaban J connectivity index is 1.32. The molecule has 3 aliphatic rings. The van der Waals surface area contributed by atoms with Gasteiger partial charge in [-0.05, 0) is 74.9 Å². The van der Waals surface area contributed by atoms with Crippen LogP contribution in [0.25, 0.3) is 0 Å². The molecule has 0 saturated carbocycles. The lowest BCUT2D eigenvalue weighted by atomic mass is 9.81. The van der Waals surface area contributed by atoms with E-state index < -0.39 is 10.0 Å². The van der Waals surface area contributed by atoms with Gasteiger partial charge in [0.2, 0.25) is 15.9 Å². The molecule has 34 heavy (non-hydrogen) atoms. The fourth-order valence-corrected chi connectivity index (χ4v) is 7.58. The average Bonchev–Trinajstić information content (AvgIpc) is 3.46. The number of amides is 1. The molecule has 2 aromatic carbocycles. The van der Waals surface area contributed by atoms with Gasteiger partial charge in [-0.2, -0.15) is 4.31 Å². The Morgan fingerprint density at radius 3 is 2.53 bits per heavy atom. The molecule has 5 rings (SSSR count). The SMILES string of the molecule is CC1CC2(CCC(=O)N2c2cccc(F)c2)CCN1Cc1cccc(S(=O)(=O)N2CCCC2)c1. The number of hydrogen-bond acceptors (Lipinski definition) is 4. The van der Waals surface area contributed by atoms with Crippen molar-refractivity contribution in [3.05, 3.63) is 59.9 Å². The summed E-state index contributed by atoms with van der Waals surface area (Å²) in [6.07, 6.45) is 4.72. The van der Waals surface area contributed by atoms with E-state index in [2.05, 4.69) is 11.8 Å². The summed E-state index contributed by atoms with van der Waals surface area (Å²) in [5, 5.41) is 0. The maximum absolute atomic E-state index is 13.9. The molecule has 2 aromatic rings. The molecule has 1 amide bonds. The second-order valence-corrected chi connectivity index (χ2v) is 11.9. The zero-order valence-electron chi connectivity index (χ0n) is 19.6. The summed E-state index contributed by atoms with van der Waals surface area (Å²) in [4.78, 5) is 17.4. The topological polar surface area (TPSA) is 60.9 Å². The van der Waals surface area contributed by atoms with Crippen molar-refractivity contribution in [3.8, 4) is 0 Å². The van der Waals surface area contributed by atoms with Crippen LogP contribution in [0, 0.1) is 5.82 Å². The van der Waals surface area contributed by atoms with Crippen LogP contribution in [0.15, 0.2) is 53.4 Å². The minimum atomic E-state index is -3.44. The summed E-state index contributed by atoms with van der Waals surface area (Å²) in [6, 6.07) is 13.8. The number of anilines is 1. The lowest BCUT2D eigenvalue weighted by molar-refractivity contribution is -0.117. The van der Waals surface area contributed by atoms with E-state index in [0.29, 0.717) is 36.6 Å². The number of halogens is 1. The van der Waals surface area contributed by atoms with Gasteiger partial charge in [0.1, 0.15) is 5.82 Å². The Morgan fingerprint density at radius 2 is 1.79 bits per heavy atom. The number of carbonyl (C=O) groups excluding carboxylic acids is 1. The summed E-state index contributed by atoms with van der Waals surface area (Å²) in [7, 11) is -3.44. The van der Waals surface area contributed by atoms with Crippen molar-refractivity contribution >= 4 is 21.6 Å². The van der Waals surface area contributed by atoms with Crippen molar-refractivity contribution in [2.75, 3.05) is 24.5 Å². The van der Waals surface area contributed by atoms with Crippen molar-refractivity contribution in [2.45, 2.75) is 68.5 Å². The summed E-state index contributed by atoms with van der Waals surface area (Å²) in [5.74, 6) is -0.271. The zero-order chi connectivity index (χ0) is 23.9. The molecule has 3 saturated heterocycles. The summed E-state index contributed by atoms with van der Waals surface area (Å²) >= 11 is 0. The van der Waals surface area contributed by atoms with E-state index in [9.17, 15) is 17.6 Å². The second kappa shape index (κ2) is 9.06. The summed E-state index contributed by atoms with van der Waals surface area (Å²) < 4.78 is 41.5. The van der Waals surface area contributed by atoms with Crippen molar-refractivity contribution in [2.24, 2.45) is 0 Å². The highest BCUT2D eigenvalue weighted by Gasteiger charge is 2.49. The van der Waals surface area contributed by atoms with Gasteiger partial charge in [0.05, 0.1) is 10.4 Å². The molecule has 182 valence electrons. The number of piperidine rings is 1. The maximum Gasteiger partial charge on any atom is 0.243 e. The first-order valence-corrected chi connectivity index (χ1v) is 13.6. The number of nitrogens with zero attached hydrogens (tertiary/aromatic N) is 3. The molecule has 3 heterocycles. The smallest absolute Gasteiger partial charge is 0.243 e. The second-order valence-electron chi connectivity index (χ2n) is 9.97. The first-order valence-electron chi connectivity index (χ1n) is 12.2. The van der Waals surface area contributed by atoms with Crippen LogP contribution >= 0.6 is 0 Å². The predicted molar refractivity (Wildman–Crippen MR) is 129 cm³/mol. The van der Waals surface area contributed by atoms with E-state index >= 15 is 0 Å². The van der Waals surface area contributed by atoms with Gasteiger partial charge in [-0.25, -0.2) is 12.8 Å². The molecule has 3 fully saturated rings. The van der Waals surface area contributed by atoms with Gasteiger partial charge < -0.3 is 4.90 Å². The Hall–Kier alpha value is -2.29. The molecule has 0 aromatic heterocycles.